The summed E-state index contributed by atoms with van der Waals surface area (Å²) in [6, 6.07) is 8.08. The number of hydrogen-bond acceptors (Lipinski definition) is 6. The maximum atomic E-state index is 13.9. The summed E-state index contributed by atoms with van der Waals surface area (Å²) in [5.74, 6) is 0.721. The largest absolute Gasteiger partial charge is 0.352 e. The Morgan fingerprint density at radius 2 is 2.04 bits per heavy atom. The van der Waals surface area contributed by atoms with Crippen LogP contribution in [0.15, 0.2) is 41.1 Å². The molecule has 26 heavy (non-hydrogen) atoms. The molecule has 0 amide bonds. The molecule has 0 saturated carbocycles. The van der Waals surface area contributed by atoms with E-state index in [9.17, 15) is 4.39 Å². The third-order valence-corrected chi connectivity index (χ3v) is 4.53. The molecule has 3 heterocycles. The van der Waals surface area contributed by atoms with Crippen molar-refractivity contribution in [1.82, 2.24) is 15.1 Å². The van der Waals surface area contributed by atoms with Gasteiger partial charge in [-0.05, 0) is 41.9 Å². The van der Waals surface area contributed by atoms with Crippen LogP contribution in [0.2, 0.25) is 10.0 Å². The van der Waals surface area contributed by atoms with E-state index in [0.29, 0.717) is 46.4 Å². The highest BCUT2D eigenvalue weighted by Crippen LogP contribution is 2.27. The van der Waals surface area contributed by atoms with E-state index in [1.54, 1.807) is 30.5 Å². The molecule has 2 aromatic heterocycles. The number of nitrogens with zero attached hydrogens (tertiary/aromatic N) is 4. The number of pyridine rings is 1. The molecule has 1 N–H and O–H groups in total. The quantitative estimate of drug-likeness (QED) is 0.713. The van der Waals surface area contributed by atoms with Crippen molar-refractivity contribution in [2.45, 2.75) is 12.5 Å². The Kier molecular flexibility index (Phi) is 4.65. The molecule has 1 saturated heterocycles. The van der Waals surface area contributed by atoms with E-state index >= 15 is 0 Å². The third-order valence-electron chi connectivity index (χ3n) is 4.10. The number of hydrogen-bond donors (Lipinski definition) is 1. The van der Waals surface area contributed by atoms with E-state index in [0.717, 1.165) is 6.42 Å². The molecule has 134 valence electrons. The van der Waals surface area contributed by atoms with Crippen LogP contribution in [-0.4, -0.2) is 34.3 Å². The Hall–Kier alpha value is -2.38. The zero-order chi connectivity index (χ0) is 18.1. The topological polar surface area (TPSA) is 67.1 Å². The minimum Gasteiger partial charge on any atom is -0.352 e. The normalized spacial score (nSPS) is 16.9. The standard InChI is InChI=1S/C17H14Cl2FN5O/c18-11-6-10(7-12(19)8-11)16-23-17(24-26-16)22-13-3-5-25(9-13)15-14(20)2-1-4-21-15/h1-2,4,6-8,13H,3,5,9H2,(H,22,24). The summed E-state index contributed by atoms with van der Waals surface area (Å²) in [5, 5.41) is 8.12. The predicted octanol–water partition coefficient (Wildman–Crippen LogP) is 4.27. The van der Waals surface area contributed by atoms with Gasteiger partial charge in [0.05, 0.1) is 0 Å². The number of halogens is 3. The second-order valence-corrected chi connectivity index (χ2v) is 6.84. The summed E-state index contributed by atoms with van der Waals surface area (Å²) in [6.45, 7) is 1.29. The summed E-state index contributed by atoms with van der Waals surface area (Å²) in [6.07, 6.45) is 2.39. The van der Waals surface area contributed by atoms with Crippen LogP contribution in [0.1, 0.15) is 6.42 Å². The van der Waals surface area contributed by atoms with E-state index in [1.165, 1.54) is 6.07 Å². The first-order valence-corrected chi connectivity index (χ1v) is 8.76. The van der Waals surface area contributed by atoms with Gasteiger partial charge in [-0.1, -0.05) is 23.2 Å². The zero-order valence-corrected chi connectivity index (χ0v) is 15.0. The number of anilines is 2. The minimum atomic E-state index is -0.326. The molecule has 0 radical (unpaired) electrons. The maximum Gasteiger partial charge on any atom is 0.264 e. The smallest absolute Gasteiger partial charge is 0.264 e. The second kappa shape index (κ2) is 7.09. The van der Waals surface area contributed by atoms with Crippen LogP contribution < -0.4 is 10.2 Å². The molecule has 0 aliphatic carbocycles. The lowest BCUT2D eigenvalue weighted by molar-refractivity contribution is 0.431. The highest BCUT2D eigenvalue weighted by atomic mass is 35.5. The molecule has 6 nitrogen and oxygen atoms in total. The monoisotopic (exact) mass is 393 g/mol. The Labute approximate surface area is 158 Å². The van der Waals surface area contributed by atoms with Gasteiger partial charge < -0.3 is 14.7 Å². The fourth-order valence-corrected chi connectivity index (χ4v) is 3.47. The van der Waals surface area contributed by atoms with Crippen LogP contribution in [0, 0.1) is 5.82 Å². The lowest BCUT2D eigenvalue weighted by Crippen LogP contribution is -2.27. The molecule has 0 spiro atoms. The highest BCUT2D eigenvalue weighted by molar-refractivity contribution is 6.35. The summed E-state index contributed by atoms with van der Waals surface area (Å²) in [7, 11) is 0. The van der Waals surface area contributed by atoms with Crippen LogP contribution in [0.5, 0.6) is 0 Å². The summed E-state index contributed by atoms with van der Waals surface area (Å²) in [5.41, 5.74) is 0.645. The maximum absolute atomic E-state index is 13.9. The lowest BCUT2D eigenvalue weighted by atomic mass is 10.2. The first kappa shape index (κ1) is 17.1. The number of aromatic nitrogens is 3. The molecule has 1 unspecified atom stereocenters. The number of nitrogens with one attached hydrogen (secondary N) is 1. The fraction of sp³-hybridized carbons (Fsp3) is 0.235. The summed E-state index contributed by atoms with van der Waals surface area (Å²) < 4.78 is 19.1. The molecule has 9 heteroatoms. The van der Waals surface area contributed by atoms with E-state index in [1.807, 2.05) is 4.90 Å². The van der Waals surface area contributed by atoms with Crippen molar-refractivity contribution in [3.63, 3.8) is 0 Å². The average molecular weight is 394 g/mol. The average Bonchev–Trinajstić information content (AvgIpc) is 3.24. The van der Waals surface area contributed by atoms with E-state index in [2.05, 4.69) is 20.4 Å². The fourth-order valence-electron chi connectivity index (χ4n) is 2.94. The molecule has 3 aromatic rings. The van der Waals surface area contributed by atoms with Crippen molar-refractivity contribution in [1.29, 1.82) is 0 Å². The Bertz CT molecular complexity index is 915. The van der Waals surface area contributed by atoms with Gasteiger partial charge in [-0.15, -0.1) is 0 Å². The predicted molar refractivity (Wildman–Crippen MR) is 98.2 cm³/mol. The molecule has 1 aromatic carbocycles. The van der Waals surface area contributed by atoms with Crippen LogP contribution >= 0.6 is 23.2 Å². The van der Waals surface area contributed by atoms with Crippen LogP contribution in [0.4, 0.5) is 16.2 Å². The van der Waals surface area contributed by atoms with E-state index in [4.69, 9.17) is 27.7 Å². The molecule has 0 bridgehead atoms. The third kappa shape index (κ3) is 3.59. The molecule has 1 atom stereocenters. The van der Waals surface area contributed by atoms with Gasteiger partial charge in [0.2, 0.25) is 0 Å². The first-order valence-electron chi connectivity index (χ1n) is 8.00. The van der Waals surface area contributed by atoms with Gasteiger partial charge in [0.15, 0.2) is 11.6 Å². The van der Waals surface area contributed by atoms with Crippen molar-refractivity contribution in [3.8, 4) is 11.5 Å². The van der Waals surface area contributed by atoms with Gasteiger partial charge in [0.25, 0.3) is 11.8 Å². The molecular formula is C17H14Cl2FN5O. The SMILES string of the molecule is Fc1cccnc1N1CCC(Nc2noc(-c3cc(Cl)cc(Cl)c3)n2)C1. The number of rotatable bonds is 4. The molecular weight excluding hydrogens is 380 g/mol. The van der Waals surface area contributed by atoms with Gasteiger partial charge in [-0.3, -0.25) is 0 Å². The Morgan fingerprint density at radius 3 is 2.81 bits per heavy atom. The Balaban J connectivity index is 1.44. The molecule has 4 rings (SSSR count). The minimum absolute atomic E-state index is 0.0600. The van der Waals surface area contributed by atoms with Gasteiger partial charge >= 0.3 is 0 Å². The van der Waals surface area contributed by atoms with Crippen molar-refractivity contribution in [2.24, 2.45) is 0 Å². The van der Waals surface area contributed by atoms with Crippen LogP contribution in [0.25, 0.3) is 11.5 Å². The summed E-state index contributed by atoms with van der Waals surface area (Å²) >= 11 is 12.0. The van der Waals surface area contributed by atoms with Gasteiger partial charge in [-0.25, -0.2) is 9.37 Å². The van der Waals surface area contributed by atoms with Crippen molar-refractivity contribution in [2.75, 3.05) is 23.3 Å². The zero-order valence-electron chi connectivity index (χ0n) is 13.5. The first-order chi connectivity index (χ1) is 12.6. The van der Waals surface area contributed by atoms with Crippen molar-refractivity contribution in [3.05, 3.63) is 52.4 Å². The van der Waals surface area contributed by atoms with Crippen molar-refractivity contribution < 1.29 is 8.91 Å². The molecule has 1 aliphatic heterocycles. The van der Waals surface area contributed by atoms with Crippen LogP contribution in [0.3, 0.4) is 0 Å². The van der Waals surface area contributed by atoms with Crippen molar-refractivity contribution >= 4 is 35.0 Å². The van der Waals surface area contributed by atoms with E-state index in [-0.39, 0.29) is 11.9 Å². The number of benzene rings is 1. The highest BCUT2D eigenvalue weighted by Gasteiger charge is 2.26. The molecule has 1 fully saturated rings. The second-order valence-electron chi connectivity index (χ2n) is 5.97. The lowest BCUT2D eigenvalue weighted by Gasteiger charge is -2.17. The van der Waals surface area contributed by atoms with Gasteiger partial charge in [0.1, 0.15) is 0 Å². The van der Waals surface area contributed by atoms with Crippen LogP contribution in [-0.2, 0) is 0 Å². The molecule has 1 aliphatic rings. The van der Waals surface area contributed by atoms with Gasteiger partial charge in [-0.2, -0.15) is 4.98 Å². The van der Waals surface area contributed by atoms with Gasteiger partial charge in [0, 0.05) is 40.9 Å². The Morgan fingerprint density at radius 1 is 1.23 bits per heavy atom. The summed E-state index contributed by atoms with van der Waals surface area (Å²) in [4.78, 5) is 10.3. The van der Waals surface area contributed by atoms with E-state index < -0.39 is 0 Å².